The molecular weight excluding hydrogens is 258 g/mol. The third-order valence-electron chi connectivity index (χ3n) is 3.31. The fraction of sp³-hybridized carbons (Fsp3) is 0.231. The molecule has 0 fully saturated rings. The molecule has 0 aliphatic carbocycles. The Labute approximate surface area is 114 Å². The van der Waals surface area contributed by atoms with Crippen LogP contribution in [0.2, 0.25) is 0 Å². The van der Waals surface area contributed by atoms with E-state index in [9.17, 15) is 9.90 Å². The average molecular weight is 271 g/mol. The zero-order chi connectivity index (χ0) is 14.4. The Bertz CT molecular complexity index is 833. The molecule has 0 N–H and O–H groups in total. The zero-order valence-electron chi connectivity index (χ0n) is 11.4. The molecule has 0 amide bonds. The maximum Gasteiger partial charge on any atom is 0.440 e. The first-order valence-electron chi connectivity index (χ1n) is 6.09. The van der Waals surface area contributed by atoms with Crippen molar-refractivity contribution >= 4 is 0 Å². The van der Waals surface area contributed by atoms with E-state index in [0.717, 1.165) is 10.3 Å². The number of hydrogen-bond acceptors (Lipinski definition) is 4. The highest BCUT2D eigenvalue weighted by atomic mass is 16.3. The van der Waals surface area contributed by atoms with Gasteiger partial charge < -0.3 is 9.67 Å². The quantitative estimate of drug-likeness (QED) is 0.547. The summed E-state index contributed by atoms with van der Waals surface area (Å²) in [6.07, 6.45) is 1.81. The van der Waals surface area contributed by atoms with Crippen molar-refractivity contribution in [2.45, 2.75) is 6.92 Å². The number of imidazole rings is 1. The lowest BCUT2D eigenvalue weighted by molar-refractivity contribution is -0.610. The van der Waals surface area contributed by atoms with Gasteiger partial charge in [0.2, 0.25) is 5.69 Å². The number of hydrogen-bond donors (Lipinski definition) is 0. The van der Waals surface area contributed by atoms with Crippen LogP contribution in [0.15, 0.2) is 29.2 Å². The minimum atomic E-state index is -0.434. The maximum absolute atomic E-state index is 12.1. The Morgan fingerprint density at radius 3 is 2.65 bits per heavy atom. The van der Waals surface area contributed by atoms with Gasteiger partial charge in [0.1, 0.15) is 0 Å². The van der Waals surface area contributed by atoms with Crippen LogP contribution in [0.1, 0.15) is 5.69 Å². The highest BCUT2D eigenvalue weighted by Crippen LogP contribution is 2.23. The fourth-order valence-corrected chi connectivity index (χ4v) is 2.12. The summed E-state index contributed by atoms with van der Waals surface area (Å²) in [4.78, 5) is 20.4. The van der Waals surface area contributed by atoms with E-state index in [1.54, 1.807) is 11.6 Å². The van der Waals surface area contributed by atoms with Crippen LogP contribution in [-0.4, -0.2) is 19.1 Å². The Balaban J connectivity index is 2.35. The van der Waals surface area contributed by atoms with Crippen LogP contribution in [0.3, 0.4) is 0 Å². The summed E-state index contributed by atoms with van der Waals surface area (Å²) in [5.41, 5.74) is 0.716. The van der Waals surface area contributed by atoms with E-state index in [0.29, 0.717) is 11.8 Å². The smallest absolute Gasteiger partial charge is 0.440 e. The molecule has 2 aliphatic heterocycles. The first kappa shape index (κ1) is 12.3. The van der Waals surface area contributed by atoms with E-state index in [1.807, 2.05) is 31.3 Å². The number of nitrogens with zero attached hydrogens (tertiary/aromatic N) is 5. The van der Waals surface area contributed by atoms with E-state index in [4.69, 9.17) is 0 Å². The molecule has 3 heterocycles. The molecule has 20 heavy (non-hydrogen) atoms. The second kappa shape index (κ2) is 4.16. The Morgan fingerprint density at radius 2 is 1.95 bits per heavy atom. The number of fused-ring (bicyclic) bond motifs is 1. The van der Waals surface area contributed by atoms with Crippen LogP contribution in [0, 0.1) is 6.92 Å². The number of pyridine rings is 1. The van der Waals surface area contributed by atoms with Crippen LogP contribution >= 0.6 is 0 Å². The van der Waals surface area contributed by atoms with Crippen molar-refractivity contribution < 1.29 is 9.67 Å². The van der Waals surface area contributed by atoms with E-state index >= 15 is 0 Å². The molecule has 7 heteroatoms. The largest absolute Gasteiger partial charge is 0.857 e. The second-order valence-electron chi connectivity index (χ2n) is 4.61. The van der Waals surface area contributed by atoms with Crippen molar-refractivity contribution in [2.24, 2.45) is 14.1 Å². The molecule has 0 radical (unpaired) electrons. The van der Waals surface area contributed by atoms with Gasteiger partial charge in [0, 0.05) is 20.0 Å². The first-order chi connectivity index (χ1) is 9.50. The van der Waals surface area contributed by atoms with Gasteiger partial charge in [0.05, 0.1) is 11.9 Å². The predicted molar refractivity (Wildman–Crippen MR) is 68.6 cm³/mol. The molecule has 1 aromatic heterocycles. The van der Waals surface area contributed by atoms with Gasteiger partial charge in [-0.15, -0.1) is 0 Å². The molecule has 102 valence electrons. The lowest BCUT2D eigenvalue weighted by atomic mass is 10.4. The lowest BCUT2D eigenvalue weighted by Crippen LogP contribution is -2.34. The summed E-state index contributed by atoms with van der Waals surface area (Å²) >= 11 is 0. The van der Waals surface area contributed by atoms with E-state index in [2.05, 4.69) is 9.97 Å². The Morgan fingerprint density at radius 1 is 1.20 bits per heavy atom. The highest BCUT2D eigenvalue weighted by Gasteiger charge is 2.27. The van der Waals surface area contributed by atoms with Crippen molar-refractivity contribution in [1.29, 1.82) is 0 Å². The minimum absolute atomic E-state index is 0.195. The van der Waals surface area contributed by atoms with Crippen LogP contribution < -0.4 is 15.4 Å². The topological polar surface area (TPSA) is 79.6 Å². The monoisotopic (exact) mass is 271 g/mol. The Hall–Kier alpha value is -2.70. The molecule has 0 unspecified atom stereocenters. The van der Waals surface area contributed by atoms with Gasteiger partial charge in [-0.25, -0.2) is 9.36 Å². The number of rotatable bonds is 1. The summed E-state index contributed by atoms with van der Waals surface area (Å²) in [7, 11) is 3.00. The third-order valence-corrected chi connectivity index (χ3v) is 3.31. The summed E-state index contributed by atoms with van der Waals surface area (Å²) in [5.74, 6) is 0.247. The second-order valence-corrected chi connectivity index (χ2v) is 4.61. The Kier molecular flexibility index (Phi) is 2.56. The summed E-state index contributed by atoms with van der Waals surface area (Å²) in [6, 6.07) is 5.67. The SMILES string of the molecule is Cc1cccc[n+]1-c1nc2c([O-])n(C)c(=O)n(C)c-2n1. The van der Waals surface area contributed by atoms with Crippen LogP contribution in [-0.2, 0) is 14.1 Å². The van der Waals surface area contributed by atoms with Crippen molar-refractivity contribution in [1.82, 2.24) is 19.1 Å². The van der Waals surface area contributed by atoms with Crippen LogP contribution in [0.5, 0.6) is 5.88 Å². The molecule has 7 nitrogen and oxygen atoms in total. The van der Waals surface area contributed by atoms with Gasteiger partial charge in [-0.2, -0.15) is 0 Å². The summed E-state index contributed by atoms with van der Waals surface area (Å²) in [5, 5.41) is 12.1. The van der Waals surface area contributed by atoms with Gasteiger partial charge >= 0.3 is 11.6 Å². The van der Waals surface area contributed by atoms with Crippen LogP contribution in [0.4, 0.5) is 0 Å². The maximum atomic E-state index is 12.1. The molecule has 0 saturated heterocycles. The molecular formula is C13H13N5O2. The molecule has 2 aliphatic rings. The standard InChI is InChI=1S/C13H13N5O2/c1-8-6-4-5-7-18(8)12-14-9-10(15-12)16(2)13(20)17(3)11(9)19/h4-7H,1-3H3. The van der Waals surface area contributed by atoms with Gasteiger partial charge in [-0.05, 0) is 24.0 Å². The zero-order valence-corrected chi connectivity index (χ0v) is 11.4. The summed E-state index contributed by atoms with van der Waals surface area (Å²) in [6.45, 7) is 1.91. The first-order valence-corrected chi connectivity index (χ1v) is 6.09. The van der Waals surface area contributed by atoms with Crippen molar-refractivity contribution in [3.63, 3.8) is 0 Å². The van der Waals surface area contributed by atoms with Crippen molar-refractivity contribution in [3.05, 3.63) is 40.6 Å². The third kappa shape index (κ3) is 1.59. The molecule has 0 spiro atoms. The fourth-order valence-electron chi connectivity index (χ4n) is 2.12. The normalized spacial score (nSPS) is 11.2. The predicted octanol–water partition coefficient (Wildman–Crippen LogP) is -0.723. The summed E-state index contributed by atoms with van der Waals surface area (Å²) < 4.78 is 4.12. The lowest BCUT2D eigenvalue weighted by Gasteiger charge is -2.14. The van der Waals surface area contributed by atoms with Gasteiger partial charge in [-0.3, -0.25) is 4.57 Å². The molecule has 0 aromatic carbocycles. The average Bonchev–Trinajstić information content (AvgIpc) is 2.88. The highest BCUT2D eigenvalue weighted by molar-refractivity contribution is 5.58. The van der Waals surface area contributed by atoms with Crippen molar-refractivity contribution in [3.8, 4) is 23.3 Å². The number of aromatic nitrogens is 5. The number of aryl methyl sites for hydroxylation is 1. The molecule has 1 aromatic rings. The van der Waals surface area contributed by atoms with Gasteiger partial charge in [0.15, 0.2) is 0 Å². The minimum Gasteiger partial charge on any atom is -0.857 e. The van der Waals surface area contributed by atoms with Crippen molar-refractivity contribution in [2.75, 3.05) is 0 Å². The molecule has 0 bridgehead atoms. The van der Waals surface area contributed by atoms with Gasteiger partial charge in [-0.1, -0.05) is 11.1 Å². The molecule has 0 saturated carbocycles. The van der Waals surface area contributed by atoms with E-state index in [-0.39, 0.29) is 5.69 Å². The molecule has 3 rings (SSSR count). The van der Waals surface area contributed by atoms with Gasteiger partial charge in [0.25, 0.3) is 5.82 Å². The van der Waals surface area contributed by atoms with E-state index < -0.39 is 11.6 Å². The molecule has 0 atom stereocenters. The van der Waals surface area contributed by atoms with E-state index in [1.165, 1.54) is 11.6 Å². The van der Waals surface area contributed by atoms with Crippen LogP contribution in [0.25, 0.3) is 17.5 Å².